The van der Waals surface area contributed by atoms with Crippen LogP contribution in [0, 0.1) is 0 Å². The predicted octanol–water partition coefficient (Wildman–Crippen LogP) is 21.3. The smallest absolute Gasteiger partial charge is 0.237 e. The fourth-order valence-corrected chi connectivity index (χ4v) is 13.3. The molecule has 17 rings (SSSR count). The third kappa shape index (κ3) is 8.37. The molecule has 0 saturated carbocycles. The van der Waals surface area contributed by atoms with E-state index in [1.807, 2.05) is 0 Å². The van der Waals surface area contributed by atoms with Crippen LogP contribution in [-0.2, 0) is 0 Å². The molecule has 414 valence electrons. The number of hydrogen-bond donors (Lipinski definition) is 0. The van der Waals surface area contributed by atoms with E-state index in [2.05, 4.69) is 356 Å². The maximum Gasteiger partial charge on any atom is 0.237 e. The van der Waals surface area contributed by atoms with Crippen molar-refractivity contribution in [1.82, 2.24) is 23.7 Å². The zero-order chi connectivity index (χ0) is 58.1. The Morgan fingerprint density at radius 2 is 0.568 bits per heavy atom. The molecule has 4 heterocycles. The Labute approximate surface area is 508 Å². The van der Waals surface area contributed by atoms with Gasteiger partial charge in [-0.3, -0.25) is 9.47 Å². The van der Waals surface area contributed by atoms with Crippen molar-refractivity contribution in [3.8, 4) is 17.3 Å². The van der Waals surface area contributed by atoms with Gasteiger partial charge in [0.15, 0.2) is 5.82 Å². The van der Waals surface area contributed by atoms with Crippen LogP contribution >= 0.6 is 0 Å². The molecule has 0 atom stereocenters. The fourth-order valence-electron chi connectivity index (χ4n) is 13.3. The minimum absolute atomic E-state index is 0.554. The van der Waals surface area contributed by atoms with E-state index in [1.54, 1.807) is 0 Å². The summed E-state index contributed by atoms with van der Waals surface area (Å²) < 4.78 is 7.03. The lowest BCUT2D eigenvalue weighted by atomic mass is 10.1. The van der Waals surface area contributed by atoms with Gasteiger partial charge in [0.2, 0.25) is 5.95 Å². The Morgan fingerprint density at radius 3 is 1.07 bits per heavy atom. The Bertz CT molecular complexity index is 5370. The summed E-state index contributed by atoms with van der Waals surface area (Å²) in [5.74, 6) is 1.29. The van der Waals surface area contributed by atoms with Crippen molar-refractivity contribution in [1.29, 1.82) is 0 Å². The summed E-state index contributed by atoms with van der Waals surface area (Å²) in [5.41, 5.74) is 17.6. The van der Waals surface area contributed by atoms with Crippen LogP contribution in [0.15, 0.2) is 328 Å². The largest absolute Gasteiger partial charge is 0.310 e. The molecule has 13 aromatic carbocycles. The fraction of sp³-hybridized carbons (Fsp3) is 0. The van der Waals surface area contributed by atoms with Crippen molar-refractivity contribution >= 4 is 128 Å². The zero-order valence-corrected chi connectivity index (χ0v) is 47.8. The average Bonchev–Trinajstić information content (AvgIpc) is 2.47. The van der Waals surface area contributed by atoms with Gasteiger partial charge in [0.05, 0.1) is 38.6 Å². The lowest BCUT2D eigenvalue weighted by Gasteiger charge is -2.27. The Kier molecular flexibility index (Phi) is 12.0. The van der Waals surface area contributed by atoms with E-state index in [9.17, 15) is 0 Å². The Morgan fingerprint density at radius 1 is 0.205 bits per heavy atom. The first-order chi connectivity index (χ1) is 43.7. The highest BCUT2D eigenvalue weighted by molar-refractivity contribution is 6.14. The minimum Gasteiger partial charge on any atom is -0.310 e. The second-order valence-corrected chi connectivity index (χ2v) is 22.2. The second kappa shape index (κ2) is 21.0. The van der Waals surface area contributed by atoms with Crippen LogP contribution in [0.5, 0.6) is 0 Å². The molecule has 0 bridgehead atoms. The molecule has 0 fully saturated rings. The number of fused-ring (bicyclic) bond motifs is 10. The van der Waals surface area contributed by atoms with E-state index in [1.165, 1.54) is 0 Å². The van der Waals surface area contributed by atoms with Gasteiger partial charge in [-0.25, -0.2) is 4.98 Å². The normalized spacial score (nSPS) is 11.6. The standard InChI is InChI=1S/C80H54N8/c1-7-25-55(26-8-1)83(56-27-9-2-10-28-56)61-45-49-77-69(51-61)67-39-21-23-41-74(67)87(77)63-44-48-72-71(53-63)79(85(59-33-15-5-16-34-59)62-46-50-76-70(52-62)66-38-20-22-40-73(66)86(76)60-35-17-6-18-36-60)82-80(81-72)88-75-42-24-19-37-65(75)68-47-43-64(54-78(68)88)84(57-29-11-3-12-30-57)58-31-13-4-14-32-58/h1-54H. The van der Waals surface area contributed by atoms with Crippen molar-refractivity contribution < 1.29 is 0 Å². The molecule has 0 unspecified atom stereocenters. The average molecular weight is 1130 g/mol. The van der Waals surface area contributed by atoms with Crippen molar-refractivity contribution in [3.63, 3.8) is 0 Å². The van der Waals surface area contributed by atoms with E-state index in [0.29, 0.717) is 5.95 Å². The first-order valence-corrected chi connectivity index (χ1v) is 29.8. The molecule has 0 N–H and O–H groups in total. The van der Waals surface area contributed by atoms with E-state index >= 15 is 0 Å². The van der Waals surface area contributed by atoms with Gasteiger partial charge in [-0.2, -0.15) is 4.98 Å². The van der Waals surface area contributed by atoms with Crippen molar-refractivity contribution in [2.45, 2.75) is 0 Å². The molecule has 0 aliphatic heterocycles. The van der Waals surface area contributed by atoms with Crippen LogP contribution in [0.25, 0.3) is 93.6 Å². The topological polar surface area (TPSA) is 50.3 Å². The van der Waals surface area contributed by atoms with E-state index < -0.39 is 0 Å². The number of hydrogen-bond acceptors (Lipinski definition) is 5. The number of nitrogens with zero attached hydrogens (tertiary/aromatic N) is 8. The van der Waals surface area contributed by atoms with Gasteiger partial charge in [-0.05, 0) is 158 Å². The van der Waals surface area contributed by atoms with Gasteiger partial charge in [0.25, 0.3) is 0 Å². The lowest BCUT2D eigenvalue weighted by Crippen LogP contribution is -2.15. The molecule has 88 heavy (non-hydrogen) atoms. The highest BCUT2D eigenvalue weighted by Crippen LogP contribution is 2.46. The predicted molar refractivity (Wildman–Crippen MR) is 367 cm³/mol. The number of benzene rings is 13. The molecule has 0 aliphatic rings. The monoisotopic (exact) mass is 1130 g/mol. The number of anilines is 9. The number of aromatic nitrogens is 5. The summed E-state index contributed by atoms with van der Waals surface area (Å²) in [7, 11) is 0. The molecule has 0 saturated heterocycles. The van der Waals surface area contributed by atoms with Gasteiger partial charge < -0.3 is 18.9 Å². The molecular weight excluding hydrogens is 1070 g/mol. The van der Waals surface area contributed by atoms with Crippen molar-refractivity contribution in [2.24, 2.45) is 0 Å². The number of rotatable bonds is 12. The van der Waals surface area contributed by atoms with Crippen LogP contribution < -0.4 is 14.7 Å². The third-order valence-corrected chi connectivity index (χ3v) is 17.1. The van der Waals surface area contributed by atoms with Gasteiger partial charge in [-0.1, -0.05) is 170 Å². The summed E-state index contributed by atoms with van der Waals surface area (Å²) in [4.78, 5) is 18.6. The molecular formula is C80H54N8. The molecule has 0 amide bonds. The van der Waals surface area contributed by atoms with Crippen LogP contribution in [0.2, 0.25) is 0 Å². The second-order valence-electron chi connectivity index (χ2n) is 22.2. The molecule has 0 spiro atoms. The van der Waals surface area contributed by atoms with Crippen LogP contribution in [-0.4, -0.2) is 23.7 Å². The van der Waals surface area contributed by atoms with Crippen molar-refractivity contribution in [3.05, 3.63) is 328 Å². The maximum absolute atomic E-state index is 5.96. The summed E-state index contributed by atoms with van der Waals surface area (Å²) in [6.07, 6.45) is 0. The Hall–Kier alpha value is -12.0. The molecule has 17 aromatic rings. The SMILES string of the molecule is c1ccc(N(c2ccccc2)c2ccc3c(c2)c2ccccc2n3-c2ccc3nc(-n4c5ccccc5c5ccc(N(c6ccccc6)c6ccccc6)cc54)nc(N(c4ccccc4)c4ccc5c(c4)c4ccccc4n5-c4ccccc4)c3c2)cc1. The van der Waals surface area contributed by atoms with Crippen LogP contribution in [0.1, 0.15) is 0 Å². The van der Waals surface area contributed by atoms with E-state index in [-0.39, 0.29) is 0 Å². The molecule has 8 nitrogen and oxygen atoms in total. The van der Waals surface area contributed by atoms with Gasteiger partial charge in [0.1, 0.15) is 0 Å². The van der Waals surface area contributed by atoms with E-state index in [4.69, 9.17) is 9.97 Å². The maximum atomic E-state index is 5.96. The van der Waals surface area contributed by atoms with Crippen LogP contribution in [0.4, 0.5) is 51.3 Å². The summed E-state index contributed by atoms with van der Waals surface area (Å²) in [5, 5.41) is 7.71. The minimum atomic E-state index is 0.554. The number of para-hydroxylation sites is 9. The van der Waals surface area contributed by atoms with Crippen LogP contribution in [0.3, 0.4) is 0 Å². The Balaban J connectivity index is 0.926. The summed E-state index contributed by atoms with van der Waals surface area (Å²) in [6, 6.07) is 117. The zero-order valence-electron chi connectivity index (χ0n) is 47.8. The highest BCUT2D eigenvalue weighted by Gasteiger charge is 2.26. The van der Waals surface area contributed by atoms with E-state index in [0.717, 1.165) is 139 Å². The van der Waals surface area contributed by atoms with Gasteiger partial charge >= 0.3 is 0 Å². The van der Waals surface area contributed by atoms with Gasteiger partial charge in [-0.15, -0.1) is 0 Å². The third-order valence-electron chi connectivity index (χ3n) is 17.1. The molecule has 4 aromatic heterocycles. The molecule has 8 heteroatoms. The van der Waals surface area contributed by atoms with Gasteiger partial charge in [0, 0.05) is 94.6 Å². The molecule has 0 aliphatic carbocycles. The summed E-state index contributed by atoms with van der Waals surface area (Å²) in [6.45, 7) is 0. The first-order valence-electron chi connectivity index (χ1n) is 29.8. The molecule has 0 radical (unpaired) electrons. The summed E-state index contributed by atoms with van der Waals surface area (Å²) >= 11 is 0. The lowest BCUT2D eigenvalue weighted by molar-refractivity contribution is 0.999. The van der Waals surface area contributed by atoms with Crippen molar-refractivity contribution in [2.75, 3.05) is 14.7 Å². The quantitative estimate of drug-likeness (QED) is 0.122. The first kappa shape index (κ1) is 50.5. The highest BCUT2D eigenvalue weighted by atomic mass is 15.3.